The molecule has 0 heteroatoms. The summed E-state index contributed by atoms with van der Waals surface area (Å²) in [6, 6.07) is 0. The minimum Gasteiger partial charge on any atom is -0.0527 e. The summed E-state index contributed by atoms with van der Waals surface area (Å²) in [6.07, 6.45) is 19.6. The third kappa shape index (κ3) is 1.59. The summed E-state index contributed by atoms with van der Waals surface area (Å²) in [5.74, 6) is 14.4. The average Bonchev–Trinajstić information content (AvgIpc) is 3.05. The average molecular weight is 325 g/mol. The summed E-state index contributed by atoms with van der Waals surface area (Å²) in [4.78, 5) is 0. The van der Waals surface area contributed by atoms with Crippen LogP contribution in [0.5, 0.6) is 0 Å². The van der Waals surface area contributed by atoms with E-state index < -0.39 is 0 Å². The van der Waals surface area contributed by atoms with Gasteiger partial charge in [-0.1, -0.05) is 12.8 Å². The van der Waals surface area contributed by atoms with Gasteiger partial charge in [-0.25, -0.2) is 0 Å². The molecule has 7 aliphatic rings. The second-order valence-electron chi connectivity index (χ2n) is 11.5. The van der Waals surface area contributed by atoms with Crippen LogP contribution in [-0.2, 0) is 0 Å². The first kappa shape index (κ1) is 14.1. The second-order valence-corrected chi connectivity index (χ2v) is 11.5. The van der Waals surface area contributed by atoms with Gasteiger partial charge in [-0.3, -0.25) is 0 Å². The summed E-state index contributed by atoms with van der Waals surface area (Å²) in [5, 5.41) is 0. The Labute approximate surface area is 148 Å². The van der Waals surface area contributed by atoms with E-state index in [1.807, 2.05) is 0 Å². The van der Waals surface area contributed by atoms with Gasteiger partial charge >= 0.3 is 0 Å². The predicted octanol–water partition coefficient (Wildman–Crippen LogP) is 6.16. The lowest BCUT2D eigenvalue weighted by Gasteiger charge is -2.68. The zero-order chi connectivity index (χ0) is 15.4. The molecule has 0 heterocycles. The van der Waals surface area contributed by atoms with Crippen LogP contribution in [0.15, 0.2) is 0 Å². The van der Waals surface area contributed by atoms with Crippen LogP contribution >= 0.6 is 0 Å². The van der Waals surface area contributed by atoms with Gasteiger partial charge in [0, 0.05) is 0 Å². The molecule has 7 aliphatic carbocycles. The summed E-state index contributed by atoms with van der Waals surface area (Å²) < 4.78 is 0. The molecule has 132 valence electrons. The molecule has 0 aromatic rings. The van der Waals surface area contributed by atoms with Crippen molar-refractivity contribution in [2.75, 3.05) is 0 Å². The number of hydrogen-bond acceptors (Lipinski definition) is 0. The highest BCUT2D eigenvalue weighted by molar-refractivity contribution is 5.14. The molecule has 0 amide bonds. The van der Waals surface area contributed by atoms with Crippen LogP contribution in [0.2, 0.25) is 0 Å². The standard InChI is InChI=1S/C24H36/c1-2-13-4-5-15-7-9-17-12-16-8-6-14-10-11-19-18(3-1)21(13)22(15)23(17)24(19)20(14)16/h13-24H,1-12H2. The summed E-state index contributed by atoms with van der Waals surface area (Å²) >= 11 is 0. The third-order valence-corrected chi connectivity index (χ3v) is 11.4. The highest BCUT2D eigenvalue weighted by Gasteiger charge is 2.65. The van der Waals surface area contributed by atoms with Gasteiger partial charge < -0.3 is 0 Å². The van der Waals surface area contributed by atoms with Crippen molar-refractivity contribution in [2.45, 2.75) is 77.0 Å². The van der Waals surface area contributed by atoms with Gasteiger partial charge in [-0.15, -0.1) is 0 Å². The van der Waals surface area contributed by atoms with Gasteiger partial charge in [0.25, 0.3) is 0 Å². The molecule has 0 spiro atoms. The molecule has 0 nitrogen and oxygen atoms in total. The van der Waals surface area contributed by atoms with Crippen LogP contribution in [0.1, 0.15) is 77.0 Å². The Morgan fingerprint density at radius 3 is 1.71 bits per heavy atom. The Balaban J connectivity index is 1.38. The first-order chi connectivity index (χ1) is 11.9. The molecular formula is C24H36. The maximum Gasteiger partial charge on any atom is -0.0315 e. The molecule has 12 atom stereocenters. The van der Waals surface area contributed by atoms with E-state index in [1.54, 1.807) is 77.0 Å². The Morgan fingerprint density at radius 2 is 0.875 bits per heavy atom. The molecule has 0 N–H and O–H groups in total. The van der Waals surface area contributed by atoms with Crippen LogP contribution < -0.4 is 0 Å². The molecule has 0 radical (unpaired) electrons. The van der Waals surface area contributed by atoms with E-state index >= 15 is 0 Å². The maximum absolute atomic E-state index is 1.68. The number of rotatable bonds is 0. The van der Waals surface area contributed by atoms with Gasteiger partial charge in [0.05, 0.1) is 0 Å². The number of hydrogen-bond donors (Lipinski definition) is 0. The van der Waals surface area contributed by atoms with Crippen LogP contribution in [0, 0.1) is 71.0 Å². The van der Waals surface area contributed by atoms with Gasteiger partial charge in [0.1, 0.15) is 0 Å². The smallest absolute Gasteiger partial charge is 0.0315 e. The Bertz CT molecular complexity index is 536. The zero-order valence-corrected chi connectivity index (χ0v) is 15.4. The number of fused-ring (bicyclic) bond motifs is 1. The SMILES string of the molecule is C1CC2CCC3CCC4CC5CCC6CCC7C(C1)C2C3C4C7C65. The molecule has 7 fully saturated rings. The lowest BCUT2D eigenvalue weighted by atomic mass is 9.36. The van der Waals surface area contributed by atoms with E-state index in [9.17, 15) is 0 Å². The molecule has 0 aromatic carbocycles. The fraction of sp³-hybridized carbons (Fsp3) is 1.00. The normalized spacial score (nSPS) is 66.0. The first-order valence-electron chi connectivity index (χ1n) is 11.9. The molecule has 0 bridgehead atoms. The van der Waals surface area contributed by atoms with Crippen molar-refractivity contribution in [1.82, 2.24) is 0 Å². The van der Waals surface area contributed by atoms with Crippen molar-refractivity contribution in [3.8, 4) is 0 Å². The van der Waals surface area contributed by atoms with Crippen molar-refractivity contribution in [3.63, 3.8) is 0 Å². The minimum absolute atomic E-state index is 1.17. The molecule has 0 saturated heterocycles. The first-order valence-corrected chi connectivity index (χ1v) is 11.9. The van der Waals surface area contributed by atoms with Gasteiger partial charge in [0.15, 0.2) is 0 Å². The summed E-state index contributed by atoms with van der Waals surface area (Å²) in [6.45, 7) is 0. The van der Waals surface area contributed by atoms with Gasteiger partial charge in [-0.2, -0.15) is 0 Å². The molecule has 7 rings (SSSR count). The molecule has 0 aliphatic heterocycles. The fourth-order valence-corrected chi connectivity index (χ4v) is 11.2. The van der Waals surface area contributed by atoms with Crippen LogP contribution in [0.25, 0.3) is 0 Å². The second kappa shape index (κ2) is 4.83. The summed E-state index contributed by atoms with van der Waals surface area (Å²) in [5.41, 5.74) is 0. The lowest BCUT2D eigenvalue weighted by molar-refractivity contribution is -0.203. The molecule has 0 aromatic heterocycles. The van der Waals surface area contributed by atoms with Crippen LogP contribution in [0.3, 0.4) is 0 Å². The zero-order valence-electron chi connectivity index (χ0n) is 15.4. The topological polar surface area (TPSA) is 0 Å². The van der Waals surface area contributed by atoms with Crippen LogP contribution in [-0.4, -0.2) is 0 Å². The predicted molar refractivity (Wildman–Crippen MR) is 97.3 cm³/mol. The monoisotopic (exact) mass is 324 g/mol. The van der Waals surface area contributed by atoms with E-state index in [0.717, 1.165) is 0 Å². The van der Waals surface area contributed by atoms with E-state index in [1.165, 1.54) is 71.0 Å². The fourth-order valence-electron chi connectivity index (χ4n) is 11.2. The van der Waals surface area contributed by atoms with Gasteiger partial charge in [-0.05, 0) is 135 Å². The Hall–Kier alpha value is 0. The van der Waals surface area contributed by atoms with Gasteiger partial charge in [0.2, 0.25) is 0 Å². The Morgan fingerprint density at radius 1 is 0.333 bits per heavy atom. The quantitative estimate of drug-likeness (QED) is 0.501. The van der Waals surface area contributed by atoms with Crippen molar-refractivity contribution in [2.24, 2.45) is 71.0 Å². The largest absolute Gasteiger partial charge is 0.0527 e. The van der Waals surface area contributed by atoms with Crippen molar-refractivity contribution < 1.29 is 0 Å². The van der Waals surface area contributed by atoms with E-state index in [0.29, 0.717) is 0 Å². The highest BCUT2D eigenvalue weighted by Crippen LogP contribution is 2.72. The molecular weight excluding hydrogens is 288 g/mol. The minimum atomic E-state index is 1.17. The lowest BCUT2D eigenvalue weighted by Crippen LogP contribution is -2.62. The maximum atomic E-state index is 1.68. The van der Waals surface area contributed by atoms with Crippen molar-refractivity contribution in [3.05, 3.63) is 0 Å². The van der Waals surface area contributed by atoms with Crippen molar-refractivity contribution >= 4 is 0 Å². The van der Waals surface area contributed by atoms with Crippen LogP contribution in [0.4, 0.5) is 0 Å². The third-order valence-electron chi connectivity index (χ3n) is 11.4. The molecule has 24 heavy (non-hydrogen) atoms. The van der Waals surface area contributed by atoms with E-state index in [4.69, 9.17) is 0 Å². The molecule has 7 saturated carbocycles. The van der Waals surface area contributed by atoms with Crippen molar-refractivity contribution in [1.29, 1.82) is 0 Å². The van der Waals surface area contributed by atoms with E-state index in [-0.39, 0.29) is 0 Å². The highest BCUT2D eigenvalue weighted by atomic mass is 14.7. The molecule has 12 unspecified atom stereocenters. The van der Waals surface area contributed by atoms with E-state index in [2.05, 4.69) is 0 Å². The Kier molecular flexibility index (Phi) is 2.84. The summed E-state index contributed by atoms with van der Waals surface area (Å²) in [7, 11) is 0.